The minimum atomic E-state index is -4.34. The van der Waals surface area contributed by atoms with Crippen LogP contribution in [-0.2, 0) is 30.9 Å². The number of nitrogens with one attached hydrogen (secondary N) is 3. The summed E-state index contributed by atoms with van der Waals surface area (Å²) in [4.78, 5) is 71.0. The van der Waals surface area contributed by atoms with Crippen molar-refractivity contribution < 1.29 is 51.8 Å². The fourth-order valence-electron chi connectivity index (χ4n) is 5.64. The number of fused-ring (bicyclic) bond motifs is 2. The monoisotopic (exact) mass is 706 g/mol. The molecule has 2 heterocycles. The van der Waals surface area contributed by atoms with Gasteiger partial charge in [-0.25, -0.2) is 18.4 Å². The van der Waals surface area contributed by atoms with Gasteiger partial charge in [0.2, 0.25) is 5.91 Å². The topological polar surface area (TPSA) is 184 Å². The first-order chi connectivity index (χ1) is 22.7. The predicted octanol–water partition coefficient (Wildman–Crippen LogP) is 4.77. The third-order valence-electron chi connectivity index (χ3n) is 7.78. The number of halogens is 3. The predicted molar refractivity (Wildman–Crippen MR) is 169 cm³/mol. The fourth-order valence-corrected chi connectivity index (χ4v) is 6.13. The van der Waals surface area contributed by atoms with Crippen LogP contribution < -0.4 is 16.0 Å². The zero-order chi connectivity index (χ0) is 34.6. The molecule has 5 rings (SSSR count). The molecule has 1 unspecified atom stereocenters. The molecule has 4 amide bonds. The Morgan fingerprint density at radius 2 is 1.88 bits per heavy atom. The zero-order valence-electron chi connectivity index (χ0n) is 25.1. The Balaban J connectivity index is 1.34. The van der Waals surface area contributed by atoms with Gasteiger partial charge in [-0.05, 0) is 66.9 Å². The van der Waals surface area contributed by atoms with Gasteiger partial charge in [-0.15, -0.1) is 0 Å². The summed E-state index contributed by atoms with van der Waals surface area (Å²) in [6, 6.07) is 12.5. The molecule has 0 saturated carbocycles. The highest BCUT2D eigenvalue weighted by Crippen LogP contribution is 2.45. The third kappa shape index (κ3) is 8.29. The summed E-state index contributed by atoms with van der Waals surface area (Å²) in [6.45, 7) is -0.545. The molecule has 1 saturated heterocycles. The van der Waals surface area contributed by atoms with Crippen LogP contribution in [0, 0.1) is 11.6 Å². The van der Waals surface area contributed by atoms with E-state index in [1.807, 2.05) is 0 Å². The number of nitrogens with zero attached hydrogens (tertiary/aromatic N) is 1. The summed E-state index contributed by atoms with van der Waals surface area (Å²) in [5.74, 6) is -2.60. The van der Waals surface area contributed by atoms with Crippen LogP contribution in [0.15, 0.2) is 60.7 Å². The molecule has 13 nitrogen and oxygen atoms in total. The lowest BCUT2D eigenvalue weighted by atomic mass is 9.82. The normalized spacial score (nSPS) is 17.9. The molecule has 0 radical (unpaired) electrons. The highest BCUT2D eigenvalue weighted by Gasteiger charge is 2.49. The molecule has 3 aromatic carbocycles. The largest absolute Gasteiger partial charge is 0.449 e. The Morgan fingerprint density at radius 3 is 2.58 bits per heavy atom. The molecule has 0 aromatic heterocycles. The van der Waals surface area contributed by atoms with Crippen LogP contribution >= 0.6 is 19.2 Å². The second-order valence-corrected chi connectivity index (χ2v) is 13.4. The molecule has 5 N–H and O–H groups in total. The molecule has 254 valence electrons. The van der Waals surface area contributed by atoms with Gasteiger partial charge in [0.1, 0.15) is 18.5 Å². The second-order valence-electron chi connectivity index (χ2n) is 11.2. The van der Waals surface area contributed by atoms with Gasteiger partial charge in [-0.3, -0.25) is 24.8 Å². The molecule has 2 aliphatic rings. The maximum absolute atomic E-state index is 15.4. The van der Waals surface area contributed by atoms with E-state index < -0.39 is 67.6 Å². The summed E-state index contributed by atoms with van der Waals surface area (Å²) in [7, 11) is -4.34. The van der Waals surface area contributed by atoms with Crippen LogP contribution in [0.1, 0.15) is 34.3 Å². The van der Waals surface area contributed by atoms with Crippen LogP contribution in [0.2, 0.25) is 5.02 Å². The highest BCUT2D eigenvalue weighted by atomic mass is 35.5. The van der Waals surface area contributed by atoms with Crippen LogP contribution in [0.4, 0.5) is 29.7 Å². The molecule has 3 aromatic rings. The van der Waals surface area contributed by atoms with Gasteiger partial charge in [0, 0.05) is 24.2 Å². The van der Waals surface area contributed by atoms with Gasteiger partial charge >= 0.3 is 19.8 Å². The van der Waals surface area contributed by atoms with E-state index >= 15 is 4.39 Å². The van der Waals surface area contributed by atoms with E-state index in [4.69, 9.17) is 30.9 Å². The van der Waals surface area contributed by atoms with E-state index in [-0.39, 0.29) is 53.5 Å². The maximum atomic E-state index is 15.4. The van der Waals surface area contributed by atoms with Crippen molar-refractivity contribution in [3.05, 3.63) is 94.0 Å². The minimum Gasteiger partial charge on any atom is -0.449 e. The van der Waals surface area contributed by atoms with Gasteiger partial charge in [-0.2, -0.15) is 0 Å². The first-order valence-corrected chi connectivity index (χ1v) is 16.8. The van der Waals surface area contributed by atoms with Crippen LogP contribution in [0.5, 0.6) is 0 Å². The number of piperidine rings is 1. The van der Waals surface area contributed by atoms with Crippen LogP contribution in [0.25, 0.3) is 0 Å². The van der Waals surface area contributed by atoms with Gasteiger partial charge in [0.15, 0.2) is 11.4 Å². The van der Waals surface area contributed by atoms with Crippen LogP contribution in [-0.4, -0.2) is 70.6 Å². The van der Waals surface area contributed by atoms with Gasteiger partial charge in [-0.1, -0.05) is 23.7 Å². The molecule has 0 aliphatic carbocycles. The smallest absolute Gasteiger partial charge is 0.412 e. The lowest BCUT2D eigenvalue weighted by Crippen LogP contribution is -2.57. The summed E-state index contributed by atoms with van der Waals surface area (Å²) in [5.41, 5.74) is -0.651. The standard InChI is InChI=1S/C31H30ClF2N4O9P/c32-22-9-10-23-25(26(22)34)31(47-30(42)37-23)11-2-12-38(17-31)28(40)24(16-18-3-1-4-20(33)15-18)36-27(39)19-5-7-21(8-6-19)35-29(41)46-13-14-48(43,44)45/h1,3-10,15,24H,2,11-14,16-17H2,(H,35,41)(H,36,39)(H,37,42)(H2,43,44,45)/t24-,31?/m0/s1. The molecule has 48 heavy (non-hydrogen) atoms. The molecule has 17 heteroatoms. The maximum Gasteiger partial charge on any atom is 0.412 e. The van der Waals surface area contributed by atoms with Crippen molar-refractivity contribution >= 4 is 54.6 Å². The Labute approximate surface area is 277 Å². The van der Waals surface area contributed by atoms with Crippen molar-refractivity contribution in [2.75, 3.05) is 36.5 Å². The quantitative estimate of drug-likeness (QED) is 0.196. The SMILES string of the molecule is O=C(Nc1ccc(C(=O)N[C@@H](Cc2cccc(F)c2)C(=O)N2CCCC3(C2)OC(=O)Nc2ccc(Cl)c(F)c23)cc1)OCCP(=O)(O)O. The van der Waals surface area contributed by atoms with Gasteiger partial charge in [0.25, 0.3) is 5.91 Å². The molecular weight excluding hydrogens is 677 g/mol. The summed E-state index contributed by atoms with van der Waals surface area (Å²) < 4.78 is 50.8. The number of benzene rings is 3. The van der Waals surface area contributed by atoms with Crippen molar-refractivity contribution in [1.29, 1.82) is 0 Å². The van der Waals surface area contributed by atoms with Gasteiger partial charge < -0.3 is 29.5 Å². The number of carbonyl (C=O) groups is 4. The van der Waals surface area contributed by atoms with Crippen molar-refractivity contribution in [2.24, 2.45) is 0 Å². The van der Waals surface area contributed by atoms with E-state index in [9.17, 15) is 28.1 Å². The molecule has 1 fully saturated rings. The number of anilines is 2. The minimum absolute atomic E-state index is 0.0113. The number of likely N-dealkylation sites (tertiary alicyclic amines) is 1. The molecular formula is C31H30ClF2N4O9P. The number of carbonyl (C=O) groups excluding carboxylic acids is 4. The second kappa shape index (κ2) is 14.3. The van der Waals surface area contributed by atoms with Crippen molar-refractivity contribution in [3.63, 3.8) is 0 Å². The zero-order valence-corrected chi connectivity index (χ0v) is 26.7. The number of hydrogen-bond donors (Lipinski definition) is 5. The van der Waals surface area contributed by atoms with Crippen molar-refractivity contribution in [1.82, 2.24) is 10.2 Å². The Morgan fingerprint density at radius 1 is 1.12 bits per heavy atom. The van der Waals surface area contributed by atoms with Crippen molar-refractivity contribution in [3.8, 4) is 0 Å². The Kier molecular flexibility index (Phi) is 10.3. The number of rotatable bonds is 9. The van der Waals surface area contributed by atoms with Gasteiger partial charge in [0.05, 0.1) is 29.0 Å². The number of amides is 4. The molecule has 2 aliphatic heterocycles. The van der Waals surface area contributed by atoms with E-state index in [2.05, 4.69) is 16.0 Å². The number of ether oxygens (including phenoxy) is 2. The Bertz CT molecular complexity index is 1790. The van der Waals surface area contributed by atoms with Crippen molar-refractivity contribution in [2.45, 2.75) is 30.9 Å². The average molecular weight is 707 g/mol. The number of hydrogen-bond acceptors (Lipinski definition) is 7. The average Bonchev–Trinajstić information content (AvgIpc) is 3.01. The molecule has 2 atom stereocenters. The highest BCUT2D eigenvalue weighted by molar-refractivity contribution is 7.51. The summed E-state index contributed by atoms with van der Waals surface area (Å²) in [6.07, 6.45) is -2.02. The lowest BCUT2D eigenvalue weighted by Gasteiger charge is -2.45. The van der Waals surface area contributed by atoms with E-state index in [1.165, 1.54) is 59.5 Å². The summed E-state index contributed by atoms with van der Waals surface area (Å²) in [5, 5.41) is 7.32. The molecule has 0 bridgehead atoms. The first kappa shape index (κ1) is 34.8. The fraction of sp³-hybridized carbons (Fsp3) is 0.290. The lowest BCUT2D eigenvalue weighted by molar-refractivity contribution is -0.141. The van der Waals surface area contributed by atoms with E-state index in [0.29, 0.717) is 12.0 Å². The third-order valence-corrected chi connectivity index (χ3v) is 8.84. The summed E-state index contributed by atoms with van der Waals surface area (Å²) >= 11 is 6.07. The van der Waals surface area contributed by atoms with Crippen LogP contribution in [0.3, 0.4) is 0 Å². The van der Waals surface area contributed by atoms with E-state index in [0.717, 1.165) is 0 Å². The first-order valence-electron chi connectivity index (χ1n) is 14.6. The Hall–Kier alpha value is -4.56. The van der Waals surface area contributed by atoms with E-state index in [1.54, 1.807) is 6.07 Å². The molecule has 1 spiro atoms.